The highest BCUT2D eigenvalue weighted by Gasteiger charge is 2.11. The van der Waals surface area contributed by atoms with E-state index in [1.165, 1.54) is 11.1 Å². The van der Waals surface area contributed by atoms with Crippen LogP contribution in [0, 0.1) is 13.8 Å². The van der Waals surface area contributed by atoms with E-state index in [1.54, 1.807) is 23.5 Å². The van der Waals surface area contributed by atoms with Gasteiger partial charge in [0, 0.05) is 0 Å². The van der Waals surface area contributed by atoms with E-state index in [2.05, 4.69) is 6.92 Å². The van der Waals surface area contributed by atoms with E-state index in [0.29, 0.717) is 5.75 Å². The molecule has 0 saturated heterocycles. The van der Waals surface area contributed by atoms with Crippen molar-refractivity contribution in [1.82, 2.24) is 0 Å². The Morgan fingerprint density at radius 2 is 1.77 bits per heavy atom. The predicted molar refractivity (Wildman–Crippen MR) is 61.1 cm³/mol. The Kier molecular flexibility index (Phi) is 3.56. The van der Waals surface area contributed by atoms with Crippen molar-refractivity contribution in [3.05, 3.63) is 17.2 Å². The van der Waals surface area contributed by atoms with Crippen molar-refractivity contribution in [2.24, 2.45) is 0 Å². The first-order valence-electron chi connectivity index (χ1n) is 4.03. The third-order valence-corrected chi connectivity index (χ3v) is 3.81. The molecule has 0 unspecified atom stereocenters. The maximum atomic E-state index is 9.85. The van der Waals surface area contributed by atoms with Gasteiger partial charge in [-0.1, -0.05) is 0 Å². The number of benzene rings is 1. The van der Waals surface area contributed by atoms with Gasteiger partial charge in [0.15, 0.2) is 0 Å². The number of thioether (sulfide) groups is 2. The van der Waals surface area contributed by atoms with Crippen molar-refractivity contribution < 1.29 is 5.11 Å². The van der Waals surface area contributed by atoms with Crippen molar-refractivity contribution in [1.29, 1.82) is 0 Å². The molecule has 1 aromatic carbocycles. The molecule has 0 heterocycles. The summed E-state index contributed by atoms with van der Waals surface area (Å²) in [5.74, 6) is 0.433. The zero-order chi connectivity index (χ0) is 10.0. The van der Waals surface area contributed by atoms with Gasteiger partial charge in [0.25, 0.3) is 0 Å². The number of hydrogen-bond acceptors (Lipinski definition) is 3. The summed E-state index contributed by atoms with van der Waals surface area (Å²) in [5.41, 5.74) is 2.43. The Bertz CT molecular complexity index is 321. The molecule has 3 heteroatoms. The summed E-state index contributed by atoms with van der Waals surface area (Å²) in [4.78, 5) is 1.97. The lowest BCUT2D eigenvalue weighted by atomic mass is 10.1. The van der Waals surface area contributed by atoms with E-state index in [4.69, 9.17) is 0 Å². The molecule has 72 valence electrons. The first kappa shape index (κ1) is 10.8. The second-order valence-corrected chi connectivity index (χ2v) is 4.57. The van der Waals surface area contributed by atoms with Gasteiger partial charge in [0.2, 0.25) is 0 Å². The van der Waals surface area contributed by atoms with Gasteiger partial charge in [-0.2, -0.15) is 0 Å². The Hall–Kier alpha value is -0.280. The average Bonchev–Trinajstić information content (AvgIpc) is 2.12. The second kappa shape index (κ2) is 4.29. The molecule has 1 rings (SSSR count). The van der Waals surface area contributed by atoms with Gasteiger partial charge in [0.1, 0.15) is 5.75 Å². The Balaban J connectivity index is 3.39. The van der Waals surface area contributed by atoms with E-state index in [1.807, 2.05) is 25.5 Å². The molecule has 0 aliphatic heterocycles. The summed E-state index contributed by atoms with van der Waals surface area (Å²) in [6, 6.07) is 2.04. The molecule has 1 aromatic rings. The van der Waals surface area contributed by atoms with E-state index in [9.17, 15) is 5.11 Å². The van der Waals surface area contributed by atoms with E-state index >= 15 is 0 Å². The van der Waals surface area contributed by atoms with Gasteiger partial charge in [0.05, 0.1) is 9.79 Å². The molecule has 0 amide bonds. The molecule has 1 N–H and O–H groups in total. The van der Waals surface area contributed by atoms with Crippen molar-refractivity contribution in [2.75, 3.05) is 12.5 Å². The van der Waals surface area contributed by atoms with Gasteiger partial charge < -0.3 is 5.11 Å². The van der Waals surface area contributed by atoms with Crippen LogP contribution in [-0.4, -0.2) is 17.6 Å². The number of hydrogen-bond donors (Lipinski definition) is 1. The lowest BCUT2D eigenvalue weighted by Gasteiger charge is -2.11. The molecule has 0 radical (unpaired) electrons. The van der Waals surface area contributed by atoms with Crippen LogP contribution >= 0.6 is 23.5 Å². The van der Waals surface area contributed by atoms with Crippen LogP contribution in [0.2, 0.25) is 0 Å². The summed E-state index contributed by atoms with van der Waals surface area (Å²) in [5, 5.41) is 9.85. The monoisotopic (exact) mass is 214 g/mol. The summed E-state index contributed by atoms with van der Waals surface area (Å²) in [6.45, 7) is 4.12. The van der Waals surface area contributed by atoms with Gasteiger partial charge >= 0.3 is 0 Å². The highest BCUT2D eigenvalue weighted by Crippen LogP contribution is 2.39. The summed E-state index contributed by atoms with van der Waals surface area (Å²) in [7, 11) is 0. The van der Waals surface area contributed by atoms with Crippen LogP contribution in [0.3, 0.4) is 0 Å². The minimum Gasteiger partial charge on any atom is -0.506 e. The molecular formula is C10H14OS2. The summed E-state index contributed by atoms with van der Waals surface area (Å²) >= 11 is 3.19. The predicted octanol–water partition coefficient (Wildman–Crippen LogP) is 3.45. The smallest absolute Gasteiger partial charge is 0.142 e. The SMILES string of the molecule is CSc1cc(C)c(C)c(SC)c1O. The maximum absolute atomic E-state index is 9.85. The fourth-order valence-electron chi connectivity index (χ4n) is 1.25. The number of aryl methyl sites for hydroxylation is 1. The second-order valence-electron chi connectivity index (χ2n) is 2.90. The van der Waals surface area contributed by atoms with Crippen LogP contribution in [0.15, 0.2) is 15.9 Å². The quantitative estimate of drug-likeness (QED) is 0.761. The van der Waals surface area contributed by atoms with Crippen molar-refractivity contribution in [3.63, 3.8) is 0 Å². The van der Waals surface area contributed by atoms with E-state index < -0.39 is 0 Å². The van der Waals surface area contributed by atoms with Crippen LogP contribution in [0.5, 0.6) is 5.75 Å². The van der Waals surface area contributed by atoms with Gasteiger partial charge in [-0.3, -0.25) is 0 Å². The average molecular weight is 214 g/mol. The van der Waals surface area contributed by atoms with Crippen molar-refractivity contribution in [2.45, 2.75) is 23.6 Å². The minimum absolute atomic E-state index is 0.433. The van der Waals surface area contributed by atoms with Crippen LogP contribution in [0.25, 0.3) is 0 Å². The third kappa shape index (κ3) is 1.97. The lowest BCUT2D eigenvalue weighted by molar-refractivity contribution is 0.448. The molecular weight excluding hydrogens is 200 g/mol. The van der Waals surface area contributed by atoms with Crippen LogP contribution in [0.1, 0.15) is 11.1 Å². The summed E-state index contributed by atoms with van der Waals surface area (Å²) in [6.07, 6.45) is 3.97. The lowest BCUT2D eigenvalue weighted by Crippen LogP contribution is -1.88. The number of phenolic OH excluding ortho intramolecular Hbond substituents is 1. The van der Waals surface area contributed by atoms with Crippen molar-refractivity contribution >= 4 is 23.5 Å². The normalized spacial score (nSPS) is 10.5. The molecule has 0 aliphatic rings. The van der Waals surface area contributed by atoms with Crippen LogP contribution in [0.4, 0.5) is 0 Å². The van der Waals surface area contributed by atoms with E-state index in [-0.39, 0.29) is 0 Å². The molecule has 0 aromatic heterocycles. The van der Waals surface area contributed by atoms with Gasteiger partial charge in [-0.15, -0.1) is 23.5 Å². The highest BCUT2D eigenvalue weighted by atomic mass is 32.2. The first-order chi connectivity index (χ1) is 6.11. The fraction of sp³-hybridized carbons (Fsp3) is 0.400. The number of aromatic hydroxyl groups is 1. The Morgan fingerprint density at radius 3 is 2.23 bits per heavy atom. The molecule has 0 fully saturated rings. The number of rotatable bonds is 2. The first-order valence-corrected chi connectivity index (χ1v) is 6.48. The molecule has 0 spiro atoms. The molecule has 1 nitrogen and oxygen atoms in total. The molecule has 13 heavy (non-hydrogen) atoms. The maximum Gasteiger partial charge on any atom is 0.142 e. The van der Waals surface area contributed by atoms with Crippen LogP contribution < -0.4 is 0 Å². The zero-order valence-corrected chi connectivity index (χ0v) is 9.97. The Morgan fingerprint density at radius 1 is 1.15 bits per heavy atom. The third-order valence-electron chi connectivity index (χ3n) is 2.15. The molecule has 0 aliphatic carbocycles. The molecule has 0 saturated carbocycles. The van der Waals surface area contributed by atoms with E-state index in [0.717, 1.165) is 9.79 Å². The minimum atomic E-state index is 0.433. The Labute approximate surface area is 87.9 Å². The molecule has 0 bridgehead atoms. The van der Waals surface area contributed by atoms with Crippen molar-refractivity contribution in [3.8, 4) is 5.75 Å². The number of phenols is 1. The van der Waals surface area contributed by atoms with Crippen LogP contribution in [-0.2, 0) is 0 Å². The summed E-state index contributed by atoms with van der Waals surface area (Å²) < 4.78 is 0. The zero-order valence-electron chi connectivity index (χ0n) is 8.34. The fourth-order valence-corrected chi connectivity index (χ4v) is 2.67. The van der Waals surface area contributed by atoms with Gasteiger partial charge in [-0.05, 0) is 43.6 Å². The van der Waals surface area contributed by atoms with Gasteiger partial charge in [-0.25, -0.2) is 0 Å². The standard InChI is InChI=1S/C10H14OS2/c1-6-5-8(12-3)9(11)10(13-4)7(6)2/h5,11H,1-4H3. The molecule has 0 atom stereocenters. The largest absolute Gasteiger partial charge is 0.506 e. The highest BCUT2D eigenvalue weighted by molar-refractivity contribution is 7.99. The topological polar surface area (TPSA) is 20.2 Å².